The summed E-state index contributed by atoms with van der Waals surface area (Å²) in [7, 11) is 1.86. The van der Waals surface area contributed by atoms with E-state index in [1.807, 2.05) is 38.2 Å². The van der Waals surface area contributed by atoms with Crippen LogP contribution in [0.1, 0.15) is 12.5 Å². The van der Waals surface area contributed by atoms with Crippen LogP contribution in [0.5, 0.6) is 0 Å². The summed E-state index contributed by atoms with van der Waals surface area (Å²) in [4.78, 5) is 14.1. The van der Waals surface area contributed by atoms with E-state index in [1.165, 1.54) is 10.8 Å². The fourth-order valence-electron chi connectivity index (χ4n) is 2.08. The number of alkyl halides is 1. The van der Waals surface area contributed by atoms with Gasteiger partial charge in [0.1, 0.15) is 0 Å². The highest BCUT2D eigenvalue weighted by atomic mass is 79.9. The number of rotatable bonds is 4. The summed E-state index contributed by atoms with van der Waals surface area (Å²) in [6.45, 7) is 2.04. The number of halogens is 1. The lowest BCUT2D eigenvalue weighted by atomic mass is 10.0. The molecule has 0 saturated heterocycles. The molecule has 0 aliphatic rings. The average Bonchev–Trinajstić information content (AvgIpc) is 2.46. The molecule has 0 heterocycles. The Hall–Kier alpha value is -1.35. The van der Waals surface area contributed by atoms with E-state index in [4.69, 9.17) is 0 Å². The number of carbonyl (C=O) groups excluding carboxylic acids is 1. The van der Waals surface area contributed by atoms with Gasteiger partial charge in [-0.05, 0) is 23.3 Å². The molecule has 0 saturated carbocycles. The highest BCUT2D eigenvalue weighted by Crippen LogP contribution is 2.19. The summed E-state index contributed by atoms with van der Waals surface area (Å²) in [5.74, 6) is 0.156. The molecular weight excluding hydrogens is 302 g/mol. The van der Waals surface area contributed by atoms with E-state index in [0.717, 1.165) is 10.9 Å². The quantitative estimate of drug-likeness (QED) is 0.788. The fourth-order valence-corrected chi connectivity index (χ4v) is 2.52. The largest absolute Gasteiger partial charge is 0.342 e. The number of hydrogen-bond donors (Lipinski definition) is 0. The minimum Gasteiger partial charge on any atom is -0.342 e. The molecule has 19 heavy (non-hydrogen) atoms. The lowest BCUT2D eigenvalue weighted by molar-refractivity contribution is -0.130. The normalized spacial score (nSPS) is 12.4. The number of amides is 1. The highest BCUT2D eigenvalue weighted by Gasteiger charge is 2.15. The molecule has 0 fully saturated rings. The molecule has 0 aliphatic carbocycles. The zero-order valence-electron chi connectivity index (χ0n) is 11.3. The van der Waals surface area contributed by atoms with Crippen molar-refractivity contribution in [1.82, 2.24) is 4.90 Å². The Bertz CT molecular complexity index is 576. The van der Waals surface area contributed by atoms with Crippen LogP contribution in [0.2, 0.25) is 0 Å². The van der Waals surface area contributed by atoms with Gasteiger partial charge in [0.2, 0.25) is 5.91 Å². The number of benzene rings is 2. The zero-order valence-corrected chi connectivity index (χ0v) is 12.9. The third-order valence-corrected chi connectivity index (χ3v) is 4.44. The van der Waals surface area contributed by atoms with Gasteiger partial charge in [0.25, 0.3) is 0 Å². The molecule has 100 valence electrons. The van der Waals surface area contributed by atoms with Gasteiger partial charge >= 0.3 is 0 Å². The number of nitrogens with zero attached hydrogens (tertiary/aromatic N) is 1. The standard InChI is InChI=1S/C16H18BrNO/c1-12(11-17)18(2)16(19)10-14-8-5-7-13-6-3-4-9-15(13)14/h3-9,12H,10-11H2,1-2H3. The van der Waals surface area contributed by atoms with Crippen LogP contribution in [-0.4, -0.2) is 29.2 Å². The molecule has 0 radical (unpaired) electrons. The average molecular weight is 320 g/mol. The van der Waals surface area contributed by atoms with Crippen LogP contribution in [0.15, 0.2) is 42.5 Å². The Labute approximate surface area is 122 Å². The Kier molecular flexibility index (Phi) is 4.59. The number of fused-ring (bicyclic) bond motifs is 1. The van der Waals surface area contributed by atoms with Crippen LogP contribution in [0.4, 0.5) is 0 Å². The van der Waals surface area contributed by atoms with Gasteiger partial charge in [0.15, 0.2) is 0 Å². The van der Waals surface area contributed by atoms with Crippen molar-refractivity contribution in [3.8, 4) is 0 Å². The molecule has 0 aromatic heterocycles. The highest BCUT2D eigenvalue weighted by molar-refractivity contribution is 9.09. The molecule has 2 nitrogen and oxygen atoms in total. The van der Waals surface area contributed by atoms with Gasteiger partial charge in [-0.2, -0.15) is 0 Å². The second-order valence-electron chi connectivity index (χ2n) is 4.82. The monoisotopic (exact) mass is 319 g/mol. The first-order valence-corrected chi connectivity index (χ1v) is 7.54. The van der Waals surface area contributed by atoms with Crippen molar-refractivity contribution < 1.29 is 4.79 Å². The van der Waals surface area contributed by atoms with Gasteiger partial charge in [-0.1, -0.05) is 58.4 Å². The van der Waals surface area contributed by atoms with Crippen LogP contribution >= 0.6 is 15.9 Å². The Morgan fingerprint density at radius 1 is 1.21 bits per heavy atom. The maximum atomic E-state index is 12.3. The van der Waals surface area contributed by atoms with Crippen LogP contribution in [0.3, 0.4) is 0 Å². The van der Waals surface area contributed by atoms with Gasteiger partial charge < -0.3 is 4.90 Å². The molecule has 1 amide bonds. The van der Waals surface area contributed by atoms with Crippen molar-refractivity contribution in [2.24, 2.45) is 0 Å². The molecule has 0 spiro atoms. The minimum atomic E-state index is 0.156. The fraction of sp³-hybridized carbons (Fsp3) is 0.312. The topological polar surface area (TPSA) is 20.3 Å². The summed E-state index contributed by atoms with van der Waals surface area (Å²) in [5.41, 5.74) is 1.09. The van der Waals surface area contributed by atoms with E-state index in [0.29, 0.717) is 6.42 Å². The van der Waals surface area contributed by atoms with Crippen molar-refractivity contribution in [2.75, 3.05) is 12.4 Å². The lowest BCUT2D eigenvalue weighted by Gasteiger charge is -2.23. The molecule has 1 atom stereocenters. The maximum absolute atomic E-state index is 12.3. The van der Waals surface area contributed by atoms with Gasteiger partial charge in [-0.3, -0.25) is 4.79 Å². The first-order valence-electron chi connectivity index (χ1n) is 6.41. The van der Waals surface area contributed by atoms with E-state index >= 15 is 0 Å². The van der Waals surface area contributed by atoms with Crippen molar-refractivity contribution in [2.45, 2.75) is 19.4 Å². The van der Waals surface area contributed by atoms with E-state index in [1.54, 1.807) is 4.90 Å². The third-order valence-electron chi connectivity index (χ3n) is 3.50. The van der Waals surface area contributed by atoms with Crippen molar-refractivity contribution in [3.05, 3.63) is 48.0 Å². The van der Waals surface area contributed by atoms with Crippen molar-refractivity contribution in [3.63, 3.8) is 0 Å². The van der Waals surface area contributed by atoms with Crippen LogP contribution in [-0.2, 0) is 11.2 Å². The Morgan fingerprint density at radius 2 is 1.89 bits per heavy atom. The van der Waals surface area contributed by atoms with E-state index in [9.17, 15) is 4.79 Å². The summed E-state index contributed by atoms with van der Waals surface area (Å²) in [5, 5.41) is 3.15. The number of likely N-dealkylation sites (N-methyl/N-ethyl adjacent to an activating group) is 1. The van der Waals surface area contributed by atoms with Gasteiger partial charge in [0.05, 0.1) is 6.42 Å². The molecule has 0 aliphatic heterocycles. The van der Waals surface area contributed by atoms with E-state index < -0.39 is 0 Å². The summed E-state index contributed by atoms with van der Waals surface area (Å²) < 4.78 is 0. The van der Waals surface area contributed by atoms with Gasteiger partial charge in [-0.15, -0.1) is 0 Å². The zero-order chi connectivity index (χ0) is 13.8. The number of hydrogen-bond acceptors (Lipinski definition) is 1. The van der Waals surface area contributed by atoms with Crippen LogP contribution in [0, 0.1) is 0 Å². The van der Waals surface area contributed by atoms with E-state index in [-0.39, 0.29) is 11.9 Å². The maximum Gasteiger partial charge on any atom is 0.227 e. The van der Waals surface area contributed by atoms with Crippen LogP contribution < -0.4 is 0 Å². The lowest BCUT2D eigenvalue weighted by Crippen LogP contribution is -2.37. The molecule has 2 aromatic carbocycles. The molecular formula is C16H18BrNO. The first kappa shape index (κ1) is 14.1. The predicted molar refractivity (Wildman–Crippen MR) is 83.7 cm³/mol. The second kappa shape index (κ2) is 6.20. The first-order chi connectivity index (χ1) is 9.13. The third kappa shape index (κ3) is 3.16. The smallest absolute Gasteiger partial charge is 0.227 e. The van der Waals surface area contributed by atoms with Gasteiger partial charge in [0, 0.05) is 18.4 Å². The minimum absolute atomic E-state index is 0.156. The molecule has 1 unspecified atom stereocenters. The molecule has 2 aromatic rings. The molecule has 0 bridgehead atoms. The number of carbonyl (C=O) groups is 1. The van der Waals surface area contributed by atoms with Gasteiger partial charge in [-0.25, -0.2) is 0 Å². The summed E-state index contributed by atoms with van der Waals surface area (Å²) in [6.07, 6.45) is 0.454. The van der Waals surface area contributed by atoms with Crippen LogP contribution in [0.25, 0.3) is 10.8 Å². The molecule has 0 N–H and O–H groups in total. The molecule has 3 heteroatoms. The SMILES string of the molecule is CC(CBr)N(C)C(=O)Cc1cccc2ccccc12. The Morgan fingerprint density at radius 3 is 2.63 bits per heavy atom. The summed E-state index contributed by atoms with van der Waals surface area (Å²) >= 11 is 3.42. The summed E-state index contributed by atoms with van der Waals surface area (Å²) in [6, 6.07) is 14.5. The van der Waals surface area contributed by atoms with E-state index in [2.05, 4.69) is 34.1 Å². The second-order valence-corrected chi connectivity index (χ2v) is 5.47. The molecule has 2 rings (SSSR count). The Balaban J connectivity index is 2.24. The predicted octanol–water partition coefficient (Wildman–Crippen LogP) is 3.62. The van der Waals surface area contributed by atoms with Crippen molar-refractivity contribution >= 4 is 32.6 Å². The van der Waals surface area contributed by atoms with Crippen molar-refractivity contribution in [1.29, 1.82) is 0 Å².